The quantitative estimate of drug-likeness (QED) is 0.575. The zero-order chi connectivity index (χ0) is 8.10. The molecule has 0 bridgehead atoms. The van der Waals surface area contributed by atoms with Gasteiger partial charge in [0, 0.05) is 0 Å². The van der Waals surface area contributed by atoms with Crippen molar-refractivity contribution < 1.29 is 0 Å². The number of hydrogen-bond acceptors (Lipinski definition) is 0. The maximum absolute atomic E-state index is 2.30. The fourth-order valence-electron chi connectivity index (χ4n) is 1.16. The molecule has 0 aliphatic carbocycles. The van der Waals surface area contributed by atoms with Crippen molar-refractivity contribution in [1.29, 1.82) is 0 Å². The van der Waals surface area contributed by atoms with Gasteiger partial charge in [0.2, 0.25) is 0 Å². The van der Waals surface area contributed by atoms with E-state index in [1.54, 1.807) is 0 Å². The minimum atomic E-state index is 0.817. The van der Waals surface area contributed by atoms with Crippen molar-refractivity contribution in [3.63, 3.8) is 0 Å². The van der Waals surface area contributed by atoms with E-state index in [1.807, 2.05) is 0 Å². The van der Waals surface area contributed by atoms with Gasteiger partial charge in [-0.05, 0) is 6.32 Å². The van der Waals surface area contributed by atoms with Crippen LogP contribution in [0.5, 0.6) is 0 Å². The largest absolute Gasteiger partial charge is 0.141 e. The Morgan fingerprint density at radius 2 is 1.82 bits per heavy atom. The third kappa shape index (κ3) is 2.79. The van der Waals surface area contributed by atoms with Crippen molar-refractivity contribution in [2.45, 2.75) is 26.4 Å². The minimum Gasteiger partial charge on any atom is -0.0858 e. The Hall–Kier alpha value is -0.715. The van der Waals surface area contributed by atoms with E-state index in [1.165, 1.54) is 18.2 Å². The molecule has 1 heteroatoms. The van der Waals surface area contributed by atoms with Crippen LogP contribution < -0.4 is 0 Å². The lowest BCUT2D eigenvalue weighted by Gasteiger charge is -2.03. The molecule has 1 rings (SSSR count). The van der Waals surface area contributed by atoms with Crippen molar-refractivity contribution in [2.75, 3.05) is 0 Å². The highest BCUT2D eigenvalue weighted by Crippen LogP contribution is 2.04. The first-order valence-corrected chi connectivity index (χ1v) is 4.37. The van der Waals surface area contributed by atoms with Crippen molar-refractivity contribution in [1.82, 2.24) is 0 Å². The third-order valence-electron chi connectivity index (χ3n) is 2.12. The number of benzene rings is 1. The van der Waals surface area contributed by atoms with Gasteiger partial charge < -0.3 is 0 Å². The van der Waals surface area contributed by atoms with E-state index in [9.17, 15) is 0 Å². The van der Waals surface area contributed by atoms with Crippen LogP contribution in [0.15, 0.2) is 30.3 Å². The fraction of sp³-hybridized carbons (Fsp3) is 0.400. The van der Waals surface area contributed by atoms with Gasteiger partial charge in [0.25, 0.3) is 0 Å². The molecule has 0 saturated heterocycles. The summed E-state index contributed by atoms with van der Waals surface area (Å²) in [6, 6.07) is 10.7. The molecule has 0 N–H and O–H groups in total. The monoisotopic (exact) mass is 146 g/mol. The fourth-order valence-corrected chi connectivity index (χ4v) is 1.16. The summed E-state index contributed by atoms with van der Waals surface area (Å²) in [7, 11) is 0. The van der Waals surface area contributed by atoms with E-state index >= 15 is 0 Å². The molecule has 0 saturated carbocycles. The third-order valence-corrected chi connectivity index (χ3v) is 2.12. The first-order valence-electron chi connectivity index (χ1n) is 4.37. The Morgan fingerprint density at radius 1 is 1.18 bits per heavy atom. The highest BCUT2D eigenvalue weighted by atomic mass is 13.9. The van der Waals surface area contributed by atoms with Gasteiger partial charge in [0.1, 0.15) is 6.71 Å². The van der Waals surface area contributed by atoms with Gasteiger partial charge in [-0.2, -0.15) is 0 Å². The molecule has 1 aromatic rings. The SMILES string of the molecule is CCB(C)Cc1ccccc1. The molecule has 0 heterocycles. The molecule has 0 aliphatic heterocycles. The summed E-state index contributed by atoms with van der Waals surface area (Å²) in [6.45, 7) is 5.36. The van der Waals surface area contributed by atoms with Crippen LogP contribution in [-0.4, -0.2) is 6.71 Å². The average Bonchev–Trinajstić information content (AvgIpc) is 2.06. The molecule has 1 aromatic carbocycles. The second-order valence-corrected chi connectivity index (χ2v) is 3.20. The molecule has 0 amide bonds. The zero-order valence-corrected chi connectivity index (χ0v) is 7.38. The molecule has 0 fully saturated rings. The van der Waals surface area contributed by atoms with Gasteiger partial charge in [0.05, 0.1) is 0 Å². The molecule has 0 unspecified atom stereocenters. The second kappa shape index (κ2) is 4.22. The van der Waals surface area contributed by atoms with Crippen molar-refractivity contribution >= 4 is 6.71 Å². The standard InChI is InChI=1S/C10H15B/c1-3-11(2)9-10-7-5-4-6-8-10/h4-8H,3,9H2,1-2H3. The van der Waals surface area contributed by atoms with Gasteiger partial charge in [-0.25, -0.2) is 0 Å². The minimum absolute atomic E-state index is 0.817. The molecular formula is C10H15B. The highest BCUT2D eigenvalue weighted by Gasteiger charge is 2.03. The van der Waals surface area contributed by atoms with Crippen molar-refractivity contribution in [2.24, 2.45) is 0 Å². The van der Waals surface area contributed by atoms with Crippen LogP contribution in [-0.2, 0) is 6.32 Å². The first-order chi connectivity index (χ1) is 5.33. The molecule has 0 aliphatic rings. The predicted octanol–water partition coefficient (Wildman–Crippen LogP) is 2.91. The summed E-state index contributed by atoms with van der Waals surface area (Å²) in [6.07, 6.45) is 2.49. The highest BCUT2D eigenvalue weighted by molar-refractivity contribution is 6.56. The van der Waals surface area contributed by atoms with Crippen LogP contribution in [0.2, 0.25) is 13.1 Å². The normalized spacial score (nSPS) is 9.64. The lowest BCUT2D eigenvalue weighted by atomic mass is 9.46. The molecule has 0 spiro atoms. The van der Waals surface area contributed by atoms with Gasteiger partial charge in [-0.1, -0.05) is 56.0 Å². The molecule has 0 atom stereocenters. The van der Waals surface area contributed by atoms with Crippen LogP contribution >= 0.6 is 0 Å². The summed E-state index contributed by atoms with van der Waals surface area (Å²) >= 11 is 0. The van der Waals surface area contributed by atoms with Crippen LogP contribution in [0.3, 0.4) is 0 Å². The Morgan fingerprint density at radius 3 is 2.36 bits per heavy atom. The lowest BCUT2D eigenvalue weighted by molar-refractivity contribution is 1.28. The Balaban J connectivity index is 2.51. The van der Waals surface area contributed by atoms with Crippen molar-refractivity contribution in [3.05, 3.63) is 35.9 Å². The Bertz CT molecular complexity index is 193. The maximum Gasteiger partial charge on any atom is 0.141 e. The summed E-state index contributed by atoms with van der Waals surface area (Å²) in [4.78, 5) is 0. The Kier molecular flexibility index (Phi) is 3.22. The molecule has 0 nitrogen and oxygen atoms in total. The number of hydrogen-bond donors (Lipinski definition) is 0. The molecule has 0 radical (unpaired) electrons. The van der Waals surface area contributed by atoms with Gasteiger partial charge in [-0.3, -0.25) is 0 Å². The van der Waals surface area contributed by atoms with E-state index < -0.39 is 0 Å². The van der Waals surface area contributed by atoms with Gasteiger partial charge in [-0.15, -0.1) is 0 Å². The first kappa shape index (κ1) is 8.38. The summed E-state index contributed by atoms with van der Waals surface area (Å²) in [5.74, 6) is 0. The summed E-state index contributed by atoms with van der Waals surface area (Å²) in [5.41, 5.74) is 1.46. The molecule has 58 valence electrons. The van der Waals surface area contributed by atoms with E-state index in [0.29, 0.717) is 0 Å². The molecule has 11 heavy (non-hydrogen) atoms. The van der Waals surface area contributed by atoms with Crippen LogP contribution in [0.1, 0.15) is 12.5 Å². The van der Waals surface area contributed by atoms with Crippen LogP contribution in [0.25, 0.3) is 0 Å². The van der Waals surface area contributed by atoms with E-state index in [-0.39, 0.29) is 0 Å². The topological polar surface area (TPSA) is 0 Å². The summed E-state index contributed by atoms with van der Waals surface area (Å²) < 4.78 is 0. The van der Waals surface area contributed by atoms with Crippen LogP contribution in [0, 0.1) is 0 Å². The van der Waals surface area contributed by atoms with E-state index in [0.717, 1.165) is 6.71 Å². The Labute approximate surface area is 69.7 Å². The molecular weight excluding hydrogens is 131 g/mol. The zero-order valence-electron chi connectivity index (χ0n) is 7.38. The average molecular weight is 146 g/mol. The van der Waals surface area contributed by atoms with Gasteiger partial charge in [0.15, 0.2) is 0 Å². The number of rotatable bonds is 3. The van der Waals surface area contributed by atoms with E-state index in [4.69, 9.17) is 0 Å². The van der Waals surface area contributed by atoms with Gasteiger partial charge >= 0.3 is 0 Å². The summed E-state index contributed by atoms with van der Waals surface area (Å²) in [5, 5.41) is 0. The lowest BCUT2D eigenvalue weighted by Crippen LogP contribution is -2.09. The maximum atomic E-state index is 2.30. The predicted molar refractivity (Wildman–Crippen MR) is 52.2 cm³/mol. The van der Waals surface area contributed by atoms with E-state index in [2.05, 4.69) is 44.1 Å². The molecule has 0 aromatic heterocycles. The smallest absolute Gasteiger partial charge is 0.0858 e. The van der Waals surface area contributed by atoms with Crippen LogP contribution in [0.4, 0.5) is 0 Å². The second-order valence-electron chi connectivity index (χ2n) is 3.20. The van der Waals surface area contributed by atoms with Crippen molar-refractivity contribution in [3.8, 4) is 0 Å².